The van der Waals surface area contributed by atoms with Crippen LogP contribution in [0.4, 0.5) is 10.7 Å². The first-order valence-electron chi connectivity index (χ1n) is 8.17. The molecule has 4 aromatic rings. The molecular weight excluding hydrogens is 414 g/mol. The van der Waals surface area contributed by atoms with E-state index in [0.717, 1.165) is 20.9 Å². The number of benzene rings is 2. The zero-order valence-corrected chi connectivity index (χ0v) is 15.8. The number of amides is 1. The third-order valence-electron chi connectivity index (χ3n) is 4.01. The Kier molecular flexibility index (Phi) is 4.36. The summed E-state index contributed by atoms with van der Waals surface area (Å²) >= 11 is 3.52. The zero-order valence-electron chi connectivity index (χ0n) is 14.2. The number of anilines is 1. The smallest absolute Gasteiger partial charge is 0.413 e. The molecule has 2 heterocycles. The molecule has 2 aromatic heterocycles. The zero-order chi connectivity index (χ0) is 19.0. The van der Waals surface area contributed by atoms with Crippen LogP contribution in [0.25, 0.3) is 33.1 Å². The van der Waals surface area contributed by atoms with Gasteiger partial charge in [-0.1, -0.05) is 18.2 Å². The summed E-state index contributed by atoms with van der Waals surface area (Å²) in [4.78, 5) is 31.0. The highest BCUT2D eigenvalue weighted by Gasteiger charge is 2.14. The quantitative estimate of drug-likeness (QED) is 0.460. The van der Waals surface area contributed by atoms with Crippen LogP contribution < -0.4 is 10.9 Å². The van der Waals surface area contributed by atoms with Crippen LogP contribution in [-0.2, 0) is 4.74 Å². The molecule has 0 radical (unpaired) electrons. The van der Waals surface area contributed by atoms with Crippen LogP contribution in [0.15, 0.2) is 45.7 Å². The average Bonchev–Trinajstić information content (AvgIpc) is 3.05. The van der Waals surface area contributed by atoms with Gasteiger partial charge in [0.15, 0.2) is 0 Å². The van der Waals surface area contributed by atoms with Crippen molar-refractivity contribution in [2.24, 2.45) is 0 Å². The molecular formula is C18H14BrN5O3. The van der Waals surface area contributed by atoms with Gasteiger partial charge in [0.25, 0.3) is 5.56 Å². The predicted molar refractivity (Wildman–Crippen MR) is 106 cm³/mol. The molecule has 4 rings (SSSR count). The van der Waals surface area contributed by atoms with Crippen molar-refractivity contribution in [1.82, 2.24) is 20.2 Å². The number of carbonyl (C=O) groups excluding carboxylic acids is 1. The molecule has 0 aliphatic heterocycles. The maximum absolute atomic E-state index is 12.0. The summed E-state index contributed by atoms with van der Waals surface area (Å²) in [6.45, 7) is 1.99. The van der Waals surface area contributed by atoms with E-state index in [9.17, 15) is 9.59 Å². The molecule has 0 atom stereocenters. The molecule has 136 valence electrons. The van der Waals surface area contributed by atoms with Crippen LogP contribution >= 0.6 is 15.9 Å². The number of hydrogen-bond acceptors (Lipinski definition) is 5. The molecule has 0 spiro atoms. The minimum absolute atomic E-state index is 0.241. The maximum Gasteiger partial charge on any atom is 0.413 e. The van der Waals surface area contributed by atoms with Crippen LogP contribution in [0.1, 0.15) is 6.92 Å². The molecule has 1 amide bonds. The number of halogens is 1. The third kappa shape index (κ3) is 3.17. The monoisotopic (exact) mass is 427 g/mol. The van der Waals surface area contributed by atoms with Crippen LogP contribution in [-0.4, -0.2) is 32.9 Å². The molecule has 0 aliphatic rings. The number of fused-ring (bicyclic) bond motifs is 2. The maximum atomic E-state index is 12.0. The number of carbonyl (C=O) groups is 1. The van der Waals surface area contributed by atoms with Crippen molar-refractivity contribution in [3.8, 4) is 11.3 Å². The van der Waals surface area contributed by atoms with Crippen molar-refractivity contribution < 1.29 is 9.53 Å². The minimum atomic E-state index is -0.582. The van der Waals surface area contributed by atoms with E-state index in [1.165, 1.54) is 0 Å². The van der Waals surface area contributed by atoms with Crippen molar-refractivity contribution in [1.29, 1.82) is 0 Å². The summed E-state index contributed by atoms with van der Waals surface area (Å²) in [6.07, 6.45) is -0.582. The van der Waals surface area contributed by atoms with E-state index in [1.54, 1.807) is 13.0 Å². The van der Waals surface area contributed by atoms with Crippen molar-refractivity contribution >= 4 is 49.8 Å². The molecule has 0 saturated carbocycles. The second-order valence-corrected chi connectivity index (χ2v) is 6.58. The normalized spacial score (nSPS) is 11.0. The second-order valence-electron chi connectivity index (χ2n) is 5.73. The molecule has 0 fully saturated rings. The van der Waals surface area contributed by atoms with E-state index in [-0.39, 0.29) is 18.1 Å². The molecule has 0 saturated heterocycles. The standard InChI is InChI=1S/C18H14BrN5O3/c1-2-27-18(26)22-17-20-13-8-9(7-12(19)15(13)21-17)14-10-5-3-4-6-11(10)16(25)24-23-14/h3-8H,2H2,1H3,(H,24,25)(H2,20,21,22,26). The van der Waals surface area contributed by atoms with Gasteiger partial charge in [-0.25, -0.2) is 14.9 Å². The number of aromatic nitrogens is 4. The Hall–Kier alpha value is -3.20. The second kappa shape index (κ2) is 6.84. The summed E-state index contributed by atoms with van der Waals surface area (Å²) < 4.78 is 5.61. The number of H-pyrrole nitrogens is 2. The first-order chi connectivity index (χ1) is 13.1. The fourth-order valence-electron chi connectivity index (χ4n) is 2.87. The van der Waals surface area contributed by atoms with Gasteiger partial charge in [0, 0.05) is 15.4 Å². The summed E-state index contributed by atoms with van der Waals surface area (Å²) in [5, 5.41) is 10.6. The molecule has 27 heavy (non-hydrogen) atoms. The highest BCUT2D eigenvalue weighted by Crippen LogP contribution is 2.32. The van der Waals surface area contributed by atoms with Crippen molar-refractivity contribution in [3.05, 3.63) is 51.2 Å². The molecule has 3 N–H and O–H groups in total. The Balaban J connectivity index is 1.83. The highest BCUT2D eigenvalue weighted by molar-refractivity contribution is 9.10. The predicted octanol–water partition coefficient (Wildman–Crippen LogP) is 3.80. The summed E-state index contributed by atoms with van der Waals surface area (Å²) in [7, 11) is 0. The van der Waals surface area contributed by atoms with Crippen LogP contribution in [0.3, 0.4) is 0 Å². The number of hydrogen-bond donors (Lipinski definition) is 3. The number of rotatable bonds is 3. The Morgan fingerprint density at radius 1 is 1.26 bits per heavy atom. The Bertz CT molecular complexity index is 1230. The average molecular weight is 428 g/mol. The van der Waals surface area contributed by atoms with Gasteiger partial charge in [-0.15, -0.1) is 0 Å². The molecule has 2 aromatic carbocycles. The van der Waals surface area contributed by atoms with Gasteiger partial charge < -0.3 is 9.72 Å². The molecule has 8 nitrogen and oxygen atoms in total. The summed E-state index contributed by atoms with van der Waals surface area (Å²) in [6, 6.07) is 11.0. The first kappa shape index (κ1) is 17.2. The SMILES string of the molecule is CCOC(=O)Nc1nc2cc(-c3n[nH]c(=O)c4ccccc34)cc(Br)c2[nH]1. The lowest BCUT2D eigenvalue weighted by molar-refractivity contribution is 0.167. The van der Waals surface area contributed by atoms with Crippen molar-refractivity contribution in [3.63, 3.8) is 0 Å². The Morgan fingerprint density at radius 2 is 2.04 bits per heavy atom. The van der Waals surface area contributed by atoms with Gasteiger partial charge >= 0.3 is 6.09 Å². The minimum Gasteiger partial charge on any atom is -0.450 e. The summed E-state index contributed by atoms with van der Waals surface area (Å²) in [5.74, 6) is 0.278. The van der Waals surface area contributed by atoms with Gasteiger partial charge in [-0.3, -0.25) is 10.1 Å². The molecule has 0 unspecified atom stereocenters. The number of imidazole rings is 1. The van der Waals surface area contributed by atoms with Gasteiger partial charge in [0.05, 0.1) is 28.7 Å². The largest absolute Gasteiger partial charge is 0.450 e. The van der Waals surface area contributed by atoms with Gasteiger partial charge in [0.1, 0.15) is 0 Å². The van der Waals surface area contributed by atoms with Crippen LogP contribution in [0.5, 0.6) is 0 Å². The van der Waals surface area contributed by atoms with Crippen molar-refractivity contribution in [2.45, 2.75) is 6.92 Å². The Labute approximate surface area is 161 Å². The van der Waals surface area contributed by atoms with E-state index in [0.29, 0.717) is 16.6 Å². The van der Waals surface area contributed by atoms with E-state index < -0.39 is 6.09 Å². The van der Waals surface area contributed by atoms with Gasteiger partial charge in [-0.2, -0.15) is 5.10 Å². The number of nitrogens with zero attached hydrogens (tertiary/aromatic N) is 2. The van der Waals surface area contributed by atoms with E-state index in [4.69, 9.17) is 4.74 Å². The molecule has 0 aliphatic carbocycles. The molecule has 9 heteroatoms. The lowest BCUT2D eigenvalue weighted by Gasteiger charge is -2.06. The van der Waals surface area contributed by atoms with Gasteiger partial charge in [0.2, 0.25) is 5.95 Å². The molecule has 0 bridgehead atoms. The van der Waals surface area contributed by atoms with E-state index in [1.807, 2.05) is 30.3 Å². The third-order valence-corrected chi connectivity index (χ3v) is 4.64. The topological polar surface area (TPSA) is 113 Å². The number of nitrogens with one attached hydrogen (secondary N) is 3. The van der Waals surface area contributed by atoms with Gasteiger partial charge in [-0.05, 0) is 41.1 Å². The highest BCUT2D eigenvalue weighted by atomic mass is 79.9. The lowest BCUT2D eigenvalue weighted by Crippen LogP contribution is -2.14. The summed E-state index contributed by atoms with van der Waals surface area (Å²) in [5.41, 5.74) is 2.52. The fraction of sp³-hybridized carbons (Fsp3) is 0.111. The van der Waals surface area contributed by atoms with Crippen molar-refractivity contribution in [2.75, 3.05) is 11.9 Å². The first-order valence-corrected chi connectivity index (χ1v) is 8.97. The fourth-order valence-corrected chi connectivity index (χ4v) is 3.41. The van der Waals surface area contributed by atoms with E-state index >= 15 is 0 Å². The van der Waals surface area contributed by atoms with Crippen LogP contribution in [0.2, 0.25) is 0 Å². The number of aromatic amines is 2. The van der Waals surface area contributed by atoms with E-state index in [2.05, 4.69) is 41.4 Å². The number of ether oxygens (including phenoxy) is 1. The van der Waals surface area contributed by atoms with Crippen LogP contribution in [0, 0.1) is 0 Å². The lowest BCUT2D eigenvalue weighted by atomic mass is 10.0. The Morgan fingerprint density at radius 3 is 2.81 bits per heavy atom.